The van der Waals surface area contributed by atoms with Crippen molar-refractivity contribution < 1.29 is 64.0 Å². The Morgan fingerprint density at radius 3 is 2.19 bits per heavy atom. The molecule has 360 valence electrons. The second-order valence-electron chi connectivity index (χ2n) is 19.0. The first kappa shape index (κ1) is 49.2. The van der Waals surface area contributed by atoms with Gasteiger partial charge in [-0.3, -0.25) is 19.6 Å². The van der Waals surface area contributed by atoms with Crippen LogP contribution in [0.5, 0.6) is 11.5 Å². The summed E-state index contributed by atoms with van der Waals surface area (Å²) in [6.45, 7) is 9.96. The molecule has 1 saturated heterocycles. The number of hydrogen-bond donors (Lipinski definition) is 9. The lowest BCUT2D eigenvalue weighted by atomic mass is 9.42. The lowest BCUT2D eigenvalue weighted by Crippen LogP contribution is -2.77. The van der Waals surface area contributed by atoms with Crippen molar-refractivity contribution in [3.8, 4) is 11.5 Å². The number of benzene rings is 3. The summed E-state index contributed by atoms with van der Waals surface area (Å²) in [4.78, 5) is 51.0. The highest BCUT2D eigenvalue weighted by molar-refractivity contribution is 5.95. The Labute approximate surface area is 388 Å². The number of aromatic hydroxyl groups is 2. The molecular weight excluding hydrogens is 867 g/mol. The van der Waals surface area contributed by atoms with Gasteiger partial charge in [0.1, 0.15) is 23.2 Å². The topological polar surface area (TPSA) is 298 Å². The van der Waals surface area contributed by atoms with Crippen LogP contribution in [0.4, 0.5) is 11.4 Å². The van der Waals surface area contributed by atoms with E-state index in [4.69, 9.17) is 30.4 Å². The molecule has 3 aromatic rings. The van der Waals surface area contributed by atoms with Gasteiger partial charge in [0.15, 0.2) is 18.0 Å². The number of esters is 2. The standard InChI is InChI=1S/C49H61N5O13/c1-25-34(21-49(63)43(60)41-47(5)24-64-36(47)20-35(58)48(41,6)42(59)39(65-26(2)55)37(25)46(49,3)4)66-44(61)40(38(51)27-10-8-7-9-11-27)67-45(62)54-31-13-15-33(57)29(19-31)23-53-17-16-52-22-28-18-30(50)12-14-32(28)56/h7-15,18-19,22-23,34-36,38-41,43,45,54,56-58,60,62-63H,16-17,20-21,24,50-51H2,1-6H3/t34-,35-,36+,38-,39+,40+,41+,43-,45+,47+,48+,49+/m0/s1. The Kier molecular flexibility index (Phi) is 13.8. The predicted molar refractivity (Wildman–Crippen MR) is 246 cm³/mol. The van der Waals surface area contributed by atoms with Crippen molar-refractivity contribution >= 4 is 41.5 Å². The van der Waals surface area contributed by atoms with Gasteiger partial charge < -0.3 is 66.4 Å². The molecule has 4 aliphatic rings. The predicted octanol–water partition coefficient (Wildman–Crippen LogP) is 3.05. The first-order chi connectivity index (χ1) is 31.5. The summed E-state index contributed by atoms with van der Waals surface area (Å²) in [5, 5.41) is 72.0. The normalized spacial score (nSPS) is 31.4. The minimum atomic E-state index is -2.16. The van der Waals surface area contributed by atoms with Gasteiger partial charge in [-0.15, -0.1) is 0 Å². The highest BCUT2D eigenvalue weighted by Gasteiger charge is 2.74. The zero-order chi connectivity index (χ0) is 48.8. The van der Waals surface area contributed by atoms with Crippen molar-refractivity contribution in [1.29, 1.82) is 0 Å². The van der Waals surface area contributed by atoms with Crippen molar-refractivity contribution in [2.24, 2.45) is 37.9 Å². The molecule has 0 amide bonds. The number of aliphatic hydroxyl groups excluding tert-OH is 3. The number of phenols is 2. The number of aliphatic hydroxyl groups is 4. The van der Waals surface area contributed by atoms with Crippen molar-refractivity contribution in [1.82, 2.24) is 0 Å². The number of hydrogen-bond acceptors (Lipinski definition) is 18. The van der Waals surface area contributed by atoms with E-state index in [2.05, 4.69) is 15.3 Å². The molecule has 18 heteroatoms. The number of anilines is 2. The molecule has 7 rings (SSSR count). The first-order valence-electron chi connectivity index (χ1n) is 22.2. The number of ether oxygens (including phenoxy) is 4. The smallest absolute Gasteiger partial charge is 0.338 e. The van der Waals surface area contributed by atoms with Crippen molar-refractivity contribution in [2.75, 3.05) is 30.7 Å². The molecule has 1 aliphatic heterocycles. The maximum Gasteiger partial charge on any atom is 0.338 e. The number of nitrogens with two attached hydrogens (primary N) is 2. The molecule has 2 bridgehead atoms. The van der Waals surface area contributed by atoms with Crippen LogP contribution in [-0.2, 0) is 33.3 Å². The fourth-order valence-electron chi connectivity index (χ4n) is 10.7. The summed E-state index contributed by atoms with van der Waals surface area (Å²) in [6.07, 6.45) is -7.60. The number of carbonyl (C=O) groups excluding carboxylic acids is 3. The maximum atomic E-state index is 15.0. The average molecular weight is 928 g/mol. The molecule has 67 heavy (non-hydrogen) atoms. The van der Waals surface area contributed by atoms with E-state index >= 15 is 4.79 Å². The Bertz CT molecular complexity index is 2460. The Hall–Kier alpha value is -5.73. The van der Waals surface area contributed by atoms with E-state index in [1.807, 2.05) is 6.92 Å². The lowest BCUT2D eigenvalue weighted by molar-refractivity contribution is -0.314. The fourth-order valence-corrected chi connectivity index (χ4v) is 10.7. The first-order valence-corrected chi connectivity index (χ1v) is 22.2. The fraction of sp³-hybridized carbons (Fsp3) is 0.490. The molecular formula is C49H61N5O13. The number of rotatable bonds is 14. The van der Waals surface area contributed by atoms with E-state index in [1.165, 1.54) is 43.6 Å². The quantitative estimate of drug-likeness (QED) is 0.0214. The minimum absolute atomic E-state index is 0.0300. The van der Waals surface area contributed by atoms with Crippen molar-refractivity contribution in [3.63, 3.8) is 0 Å². The van der Waals surface area contributed by atoms with Gasteiger partial charge in [0.05, 0.1) is 49.5 Å². The van der Waals surface area contributed by atoms with Gasteiger partial charge in [0, 0.05) is 71.4 Å². The third kappa shape index (κ3) is 8.94. The van der Waals surface area contributed by atoms with Crippen LogP contribution in [0.25, 0.3) is 0 Å². The number of fused-ring (bicyclic) bond motifs is 5. The van der Waals surface area contributed by atoms with Crippen LogP contribution in [0.3, 0.4) is 0 Å². The molecule has 2 saturated carbocycles. The van der Waals surface area contributed by atoms with Crippen LogP contribution in [0.2, 0.25) is 0 Å². The molecule has 11 N–H and O–H groups in total. The molecule has 12 atom stereocenters. The number of phenolic OH excluding ortho intramolecular Hbond substituents is 2. The SMILES string of the molecule is CC(=O)O[C@H]1C(=O)[C@@]2(C)[C@H]([C@H](O)[C@]3(O)C[C@H](OC(=O)[C@H](O[C@@H](O)Nc4ccc(O)c(C=NCCN=Cc5cc(N)ccc5O)c4)[C@@H](N)c4ccccc4)C(C)=C1C3(C)C)[C@]1(C)CO[C@@H]1C[C@@H]2O. The molecule has 3 aromatic carbocycles. The summed E-state index contributed by atoms with van der Waals surface area (Å²) in [7, 11) is 0. The van der Waals surface area contributed by atoms with Crippen molar-refractivity contribution in [3.05, 3.63) is 94.6 Å². The molecule has 1 heterocycles. The number of carbonyl (C=O) groups is 3. The molecule has 18 nitrogen and oxygen atoms in total. The van der Waals surface area contributed by atoms with Gasteiger partial charge in [-0.25, -0.2) is 4.79 Å². The molecule has 0 unspecified atom stereocenters. The Morgan fingerprint density at radius 2 is 1.58 bits per heavy atom. The van der Waals surface area contributed by atoms with Gasteiger partial charge in [0.25, 0.3) is 0 Å². The molecule has 3 fully saturated rings. The minimum Gasteiger partial charge on any atom is -0.507 e. The second kappa shape index (κ2) is 18.7. The summed E-state index contributed by atoms with van der Waals surface area (Å²) < 4.78 is 23.8. The van der Waals surface area contributed by atoms with E-state index in [0.29, 0.717) is 16.8 Å². The van der Waals surface area contributed by atoms with E-state index in [0.717, 1.165) is 6.92 Å². The number of ketones is 1. The number of nitrogens with zero attached hydrogens (tertiary/aromatic N) is 2. The van der Waals surface area contributed by atoms with Gasteiger partial charge in [-0.1, -0.05) is 51.1 Å². The average Bonchev–Trinajstić information content (AvgIpc) is 3.27. The van der Waals surface area contributed by atoms with Gasteiger partial charge >= 0.3 is 11.9 Å². The summed E-state index contributed by atoms with van der Waals surface area (Å²) in [5.74, 6) is -3.74. The summed E-state index contributed by atoms with van der Waals surface area (Å²) in [6, 6.07) is 16.1. The monoisotopic (exact) mass is 927 g/mol. The van der Waals surface area contributed by atoms with E-state index in [1.54, 1.807) is 63.2 Å². The van der Waals surface area contributed by atoms with E-state index in [9.17, 15) is 40.2 Å². The summed E-state index contributed by atoms with van der Waals surface area (Å²) >= 11 is 0. The molecule has 0 radical (unpaired) electrons. The van der Waals surface area contributed by atoms with Crippen LogP contribution >= 0.6 is 0 Å². The number of nitrogens with one attached hydrogen (secondary N) is 1. The van der Waals surface area contributed by atoms with Crippen LogP contribution in [-0.4, -0.2) is 129 Å². The van der Waals surface area contributed by atoms with Gasteiger partial charge in [-0.2, -0.15) is 0 Å². The third-order valence-electron chi connectivity index (χ3n) is 14.6. The van der Waals surface area contributed by atoms with Crippen LogP contribution in [0.15, 0.2) is 87.9 Å². The third-order valence-corrected chi connectivity index (χ3v) is 14.6. The van der Waals surface area contributed by atoms with E-state index in [-0.39, 0.29) is 60.0 Å². The lowest BCUT2D eigenvalue weighted by Gasteiger charge is -2.67. The summed E-state index contributed by atoms with van der Waals surface area (Å²) in [5.41, 5.74) is 8.51. The molecule has 3 aliphatic carbocycles. The van der Waals surface area contributed by atoms with Crippen molar-refractivity contribution in [2.45, 2.75) is 109 Å². The maximum absolute atomic E-state index is 15.0. The van der Waals surface area contributed by atoms with Crippen LogP contribution in [0.1, 0.15) is 77.1 Å². The Balaban J connectivity index is 1.15. The van der Waals surface area contributed by atoms with Crippen LogP contribution in [0, 0.1) is 22.2 Å². The van der Waals surface area contributed by atoms with E-state index < -0.39 is 101 Å². The molecule has 0 aromatic heterocycles. The van der Waals surface area contributed by atoms with Gasteiger partial charge in [-0.05, 0) is 67.0 Å². The zero-order valence-corrected chi connectivity index (χ0v) is 38.3. The number of aliphatic imine (C=N–C) groups is 2. The highest BCUT2D eigenvalue weighted by atomic mass is 16.7. The number of Topliss-reactive ketones (excluding diaryl/α,β-unsaturated/α-hetero) is 1. The van der Waals surface area contributed by atoms with Crippen LogP contribution < -0.4 is 16.8 Å². The second-order valence-corrected chi connectivity index (χ2v) is 19.0. The molecule has 0 spiro atoms. The zero-order valence-electron chi connectivity index (χ0n) is 38.3. The largest absolute Gasteiger partial charge is 0.507 e. The number of nitrogen functional groups attached to an aromatic ring is 1. The highest BCUT2D eigenvalue weighted by Crippen LogP contribution is 2.65. The Morgan fingerprint density at radius 1 is 0.955 bits per heavy atom. The van der Waals surface area contributed by atoms with Gasteiger partial charge in [0.2, 0.25) is 6.41 Å².